The number of carbonyl (C=O) groups is 1. The normalized spacial score (nSPS) is 16.6. The van der Waals surface area contributed by atoms with E-state index >= 15 is 0 Å². The molecular formula is C11H19N5O. The molecule has 0 atom stereocenters. The molecule has 1 aliphatic heterocycles. The maximum Gasteiger partial charge on any atom is 0.273 e. The number of hydrogen-bond acceptors (Lipinski definition) is 4. The van der Waals surface area contributed by atoms with Gasteiger partial charge in [0, 0.05) is 18.6 Å². The molecule has 1 fully saturated rings. The Morgan fingerprint density at radius 3 is 2.88 bits per heavy atom. The molecule has 0 unspecified atom stereocenters. The van der Waals surface area contributed by atoms with Gasteiger partial charge in [-0.25, -0.2) is 4.68 Å². The third-order valence-corrected chi connectivity index (χ3v) is 3.21. The van der Waals surface area contributed by atoms with Gasteiger partial charge in [-0.05, 0) is 20.3 Å². The molecule has 1 aromatic heterocycles. The predicted molar refractivity (Wildman–Crippen MR) is 63.8 cm³/mol. The smallest absolute Gasteiger partial charge is 0.273 e. The Balaban J connectivity index is 2.01. The molecule has 6 heteroatoms. The minimum absolute atomic E-state index is 0.157. The lowest BCUT2D eigenvalue weighted by atomic mass is 10.0. The number of hydrogen-bond donors (Lipinski definition) is 2. The maximum atomic E-state index is 11.9. The van der Waals surface area contributed by atoms with Crippen molar-refractivity contribution in [2.45, 2.75) is 38.8 Å². The minimum Gasteiger partial charge on any atom is -0.346 e. The molecule has 0 radical (unpaired) electrons. The summed E-state index contributed by atoms with van der Waals surface area (Å²) in [5.41, 5.74) is 0.178. The van der Waals surface area contributed by atoms with Crippen molar-refractivity contribution in [3.63, 3.8) is 0 Å². The Labute approximate surface area is 101 Å². The summed E-state index contributed by atoms with van der Waals surface area (Å²) in [6.45, 7) is 7.81. The molecule has 0 aliphatic carbocycles. The van der Waals surface area contributed by atoms with Crippen LogP contribution in [0, 0.1) is 0 Å². The van der Waals surface area contributed by atoms with E-state index in [-0.39, 0.29) is 11.4 Å². The van der Waals surface area contributed by atoms with Gasteiger partial charge in [-0.2, -0.15) is 0 Å². The topological polar surface area (TPSA) is 71.8 Å². The number of amides is 1. The Morgan fingerprint density at radius 1 is 1.65 bits per heavy atom. The van der Waals surface area contributed by atoms with Crippen molar-refractivity contribution < 1.29 is 4.79 Å². The fourth-order valence-corrected chi connectivity index (χ4v) is 1.48. The molecule has 2 N–H and O–H groups in total. The lowest BCUT2D eigenvalue weighted by molar-refractivity contribution is 0.0906. The summed E-state index contributed by atoms with van der Waals surface area (Å²) in [5, 5.41) is 14.0. The van der Waals surface area contributed by atoms with Crippen molar-refractivity contribution in [2.24, 2.45) is 0 Å². The largest absolute Gasteiger partial charge is 0.346 e. The van der Waals surface area contributed by atoms with Crippen LogP contribution in [0.3, 0.4) is 0 Å². The molecule has 2 heterocycles. The molecule has 17 heavy (non-hydrogen) atoms. The van der Waals surface area contributed by atoms with Crippen LogP contribution in [0.1, 0.15) is 43.7 Å². The highest BCUT2D eigenvalue weighted by molar-refractivity contribution is 5.92. The molecule has 2 rings (SSSR count). The molecule has 0 bridgehead atoms. The monoisotopic (exact) mass is 237 g/mol. The summed E-state index contributed by atoms with van der Waals surface area (Å²) in [6.07, 6.45) is 2.59. The van der Waals surface area contributed by atoms with Gasteiger partial charge in [-0.1, -0.05) is 12.1 Å². The third kappa shape index (κ3) is 2.63. The fourth-order valence-electron chi connectivity index (χ4n) is 1.48. The van der Waals surface area contributed by atoms with E-state index in [9.17, 15) is 4.79 Å². The lowest BCUT2D eigenvalue weighted by Crippen LogP contribution is -2.44. The zero-order valence-electron chi connectivity index (χ0n) is 10.5. The van der Waals surface area contributed by atoms with Gasteiger partial charge < -0.3 is 10.6 Å². The molecule has 1 amide bonds. The summed E-state index contributed by atoms with van der Waals surface area (Å²) >= 11 is 0. The lowest BCUT2D eigenvalue weighted by Gasteiger charge is -2.26. The second-order valence-electron chi connectivity index (χ2n) is 5.09. The second-order valence-corrected chi connectivity index (χ2v) is 5.09. The van der Waals surface area contributed by atoms with Crippen LogP contribution in [0.5, 0.6) is 0 Å². The summed E-state index contributed by atoms with van der Waals surface area (Å²) in [6, 6.07) is 0.336. The average molecular weight is 237 g/mol. The van der Waals surface area contributed by atoms with E-state index in [0.29, 0.717) is 11.7 Å². The quantitative estimate of drug-likeness (QED) is 0.792. The van der Waals surface area contributed by atoms with Gasteiger partial charge in [0.1, 0.15) is 0 Å². The molecule has 0 spiro atoms. The molecule has 0 saturated carbocycles. The van der Waals surface area contributed by atoms with E-state index in [1.165, 1.54) is 0 Å². The van der Waals surface area contributed by atoms with E-state index < -0.39 is 0 Å². The fraction of sp³-hybridized carbons (Fsp3) is 0.727. The van der Waals surface area contributed by atoms with Gasteiger partial charge in [0.2, 0.25) is 0 Å². The maximum absolute atomic E-state index is 11.9. The molecule has 1 aliphatic rings. The second kappa shape index (κ2) is 4.44. The van der Waals surface area contributed by atoms with E-state index in [0.717, 1.165) is 19.5 Å². The number of nitrogens with one attached hydrogen (secondary N) is 2. The first-order chi connectivity index (χ1) is 8.02. The minimum atomic E-state index is -0.209. The van der Waals surface area contributed by atoms with Crippen molar-refractivity contribution in [1.29, 1.82) is 0 Å². The van der Waals surface area contributed by atoms with E-state index in [2.05, 4.69) is 20.9 Å². The first-order valence-electron chi connectivity index (χ1n) is 5.97. The van der Waals surface area contributed by atoms with Gasteiger partial charge >= 0.3 is 0 Å². The Hall–Kier alpha value is -1.43. The van der Waals surface area contributed by atoms with Crippen molar-refractivity contribution in [1.82, 2.24) is 25.6 Å². The van der Waals surface area contributed by atoms with Gasteiger partial charge in [0.05, 0.1) is 12.2 Å². The van der Waals surface area contributed by atoms with Crippen LogP contribution in [-0.4, -0.2) is 39.5 Å². The zero-order chi connectivity index (χ0) is 12.5. The highest BCUT2D eigenvalue weighted by Gasteiger charge is 2.24. The zero-order valence-corrected chi connectivity index (χ0v) is 10.5. The Morgan fingerprint density at radius 2 is 2.35 bits per heavy atom. The van der Waals surface area contributed by atoms with Crippen LogP contribution in [0.4, 0.5) is 0 Å². The van der Waals surface area contributed by atoms with Crippen molar-refractivity contribution in [3.8, 4) is 0 Å². The molecule has 0 aromatic carbocycles. The summed E-state index contributed by atoms with van der Waals surface area (Å²) in [4.78, 5) is 11.9. The molecule has 94 valence electrons. The molecule has 1 saturated heterocycles. The van der Waals surface area contributed by atoms with Crippen molar-refractivity contribution >= 4 is 5.91 Å². The van der Waals surface area contributed by atoms with E-state index in [4.69, 9.17) is 0 Å². The molecule has 6 nitrogen and oxygen atoms in total. The third-order valence-electron chi connectivity index (χ3n) is 3.21. The Kier molecular flexibility index (Phi) is 3.15. The first-order valence-corrected chi connectivity index (χ1v) is 5.97. The standard InChI is InChI=1S/C11H19N5O/c1-4-11(2,3)13-10(17)9-7-16(15-14-9)8-5-12-6-8/h7-8,12H,4-6H2,1-3H3,(H,13,17). The first kappa shape index (κ1) is 12.0. The average Bonchev–Trinajstić information content (AvgIpc) is 2.64. The number of nitrogens with zero attached hydrogens (tertiary/aromatic N) is 3. The number of rotatable bonds is 4. The van der Waals surface area contributed by atoms with E-state index in [1.807, 2.05) is 20.8 Å². The SMILES string of the molecule is CCC(C)(C)NC(=O)c1cn(C2CNC2)nn1. The Bertz CT molecular complexity index is 408. The molecular weight excluding hydrogens is 218 g/mol. The number of carbonyl (C=O) groups excluding carboxylic acids is 1. The van der Waals surface area contributed by atoms with E-state index in [1.54, 1.807) is 10.9 Å². The molecule has 1 aromatic rings. The van der Waals surface area contributed by atoms with Gasteiger partial charge in [-0.3, -0.25) is 4.79 Å². The van der Waals surface area contributed by atoms with Gasteiger partial charge in [0.25, 0.3) is 5.91 Å². The number of aromatic nitrogens is 3. The highest BCUT2D eigenvalue weighted by Crippen LogP contribution is 2.11. The van der Waals surface area contributed by atoms with Crippen molar-refractivity contribution in [3.05, 3.63) is 11.9 Å². The van der Waals surface area contributed by atoms with Crippen LogP contribution in [0.2, 0.25) is 0 Å². The summed E-state index contributed by atoms with van der Waals surface area (Å²) in [7, 11) is 0. The summed E-state index contributed by atoms with van der Waals surface area (Å²) < 4.78 is 1.75. The van der Waals surface area contributed by atoms with Crippen molar-refractivity contribution in [2.75, 3.05) is 13.1 Å². The predicted octanol–water partition coefficient (Wildman–Crippen LogP) is 0.341. The van der Waals surface area contributed by atoms with Crippen LogP contribution < -0.4 is 10.6 Å². The van der Waals surface area contributed by atoms with Crippen LogP contribution >= 0.6 is 0 Å². The van der Waals surface area contributed by atoms with Gasteiger partial charge in [0.15, 0.2) is 5.69 Å². The van der Waals surface area contributed by atoms with Crippen LogP contribution in [0.25, 0.3) is 0 Å². The highest BCUT2D eigenvalue weighted by atomic mass is 16.2. The van der Waals surface area contributed by atoms with Gasteiger partial charge in [-0.15, -0.1) is 5.10 Å². The van der Waals surface area contributed by atoms with Crippen LogP contribution in [0.15, 0.2) is 6.20 Å². The summed E-state index contributed by atoms with van der Waals surface area (Å²) in [5.74, 6) is -0.157. The van der Waals surface area contributed by atoms with Crippen LogP contribution in [-0.2, 0) is 0 Å².